The van der Waals surface area contributed by atoms with Gasteiger partial charge in [-0.05, 0) is 24.3 Å². The van der Waals surface area contributed by atoms with Crippen LogP contribution in [-0.2, 0) is 11.8 Å². The normalized spacial score (nSPS) is 16.0. The van der Waals surface area contributed by atoms with E-state index in [0.29, 0.717) is 26.1 Å². The summed E-state index contributed by atoms with van der Waals surface area (Å²) in [6.45, 7) is 0. The minimum Gasteiger partial charge on any atom is -0.319 e. The van der Waals surface area contributed by atoms with Gasteiger partial charge in [0.15, 0.2) is 5.71 Å². The smallest absolute Gasteiger partial charge is 0.276 e. The Morgan fingerprint density at radius 1 is 1.17 bits per heavy atom. The molecule has 0 spiro atoms. The molecule has 1 amide bonds. The van der Waals surface area contributed by atoms with E-state index in [0.717, 1.165) is 10.2 Å². The zero-order valence-electron chi connectivity index (χ0n) is 12.4. The lowest BCUT2D eigenvalue weighted by atomic mass is 10.1. The molecule has 5 nitrogen and oxygen atoms in total. The molecule has 0 fully saturated rings. The summed E-state index contributed by atoms with van der Waals surface area (Å²) in [5, 5.41) is 11.9. The fraction of sp³-hybridized carbons (Fsp3) is 0.0625. The van der Waals surface area contributed by atoms with Crippen LogP contribution in [0.15, 0.2) is 46.6 Å². The third-order valence-electron chi connectivity index (χ3n) is 3.71. The molecule has 120 valence electrons. The number of hydrogen-bond donors (Lipinski definition) is 1. The van der Waals surface area contributed by atoms with E-state index >= 15 is 0 Å². The van der Waals surface area contributed by atoms with Gasteiger partial charge in [0.1, 0.15) is 0 Å². The molecule has 0 saturated heterocycles. The first-order valence-electron chi connectivity index (χ1n) is 7.01. The van der Waals surface area contributed by atoms with Crippen LogP contribution in [0.3, 0.4) is 0 Å². The van der Waals surface area contributed by atoms with Crippen molar-refractivity contribution in [2.75, 3.05) is 5.32 Å². The number of nitrogens with zero attached hydrogens (tertiary/aromatic N) is 3. The fourth-order valence-electron chi connectivity index (χ4n) is 2.55. The molecule has 0 bridgehead atoms. The van der Waals surface area contributed by atoms with Crippen molar-refractivity contribution in [3.05, 3.63) is 56.8 Å². The van der Waals surface area contributed by atoms with Gasteiger partial charge in [-0.15, -0.1) is 10.2 Å². The molecule has 3 aromatic rings. The number of anilines is 1. The number of carbonyl (C=O) groups is 1. The van der Waals surface area contributed by atoms with E-state index in [1.54, 1.807) is 12.1 Å². The molecule has 0 saturated carbocycles. The number of rotatable bonds is 1. The quantitative estimate of drug-likeness (QED) is 0.645. The molecule has 2 heterocycles. The van der Waals surface area contributed by atoms with Crippen molar-refractivity contribution in [3.8, 4) is 0 Å². The highest BCUT2D eigenvalue weighted by atomic mass is 35.5. The molecule has 24 heavy (non-hydrogen) atoms. The summed E-state index contributed by atoms with van der Waals surface area (Å²) in [6, 6.07) is 11.2. The van der Waals surface area contributed by atoms with E-state index in [1.807, 2.05) is 35.9 Å². The first-order chi connectivity index (χ1) is 11.5. The Labute approximate surface area is 150 Å². The number of fused-ring (bicyclic) bond motifs is 2. The van der Waals surface area contributed by atoms with Gasteiger partial charge < -0.3 is 9.88 Å². The van der Waals surface area contributed by atoms with Crippen molar-refractivity contribution in [2.45, 2.75) is 0 Å². The first-order valence-corrected chi connectivity index (χ1v) is 8.59. The minimum absolute atomic E-state index is 0.201. The zero-order valence-corrected chi connectivity index (χ0v) is 14.7. The van der Waals surface area contributed by atoms with Crippen LogP contribution in [0.25, 0.3) is 10.2 Å². The number of para-hydroxylation sites is 1. The van der Waals surface area contributed by atoms with Crippen LogP contribution in [-0.4, -0.2) is 16.2 Å². The van der Waals surface area contributed by atoms with Gasteiger partial charge in [-0.25, -0.2) is 0 Å². The first kappa shape index (κ1) is 15.4. The van der Waals surface area contributed by atoms with Gasteiger partial charge in [-0.1, -0.05) is 46.7 Å². The van der Waals surface area contributed by atoms with Gasteiger partial charge in [0.25, 0.3) is 5.91 Å². The summed E-state index contributed by atoms with van der Waals surface area (Å²) in [4.78, 5) is 12.9. The van der Waals surface area contributed by atoms with E-state index in [2.05, 4.69) is 15.5 Å². The lowest BCUT2D eigenvalue weighted by Crippen LogP contribution is -2.15. The van der Waals surface area contributed by atoms with Gasteiger partial charge in [0.05, 0.1) is 20.9 Å². The summed E-state index contributed by atoms with van der Waals surface area (Å²) in [5.41, 5.74) is 2.33. The second kappa shape index (κ2) is 5.73. The van der Waals surface area contributed by atoms with E-state index < -0.39 is 0 Å². The molecule has 2 aromatic carbocycles. The van der Waals surface area contributed by atoms with Crippen molar-refractivity contribution >= 4 is 62.1 Å². The van der Waals surface area contributed by atoms with Crippen LogP contribution in [0.4, 0.5) is 5.69 Å². The second-order valence-electron chi connectivity index (χ2n) is 5.22. The molecular formula is C16H10Cl2N4OS. The highest BCUT2D eigenvalue weighted by Crippen LogP contribution is 2.34. The number of nitrogens with one attached hydrogen (secondary N) is 1. The highest BCUT2D eigenvalue weighted by Gasteiger charge is 2.28. The standard InChI is InChI=1S/C16H10Cl2N4OS/c1-22-11-4-2-3-5-12(11)24-16(22)21-20-14-9-6-8(17)7-10(18)13(9)19-15(14)23/h2-7H,1H3,(H,19,20,23)/b21-16+. The molecule has 4 rings (SSSR count). The minimum atomic E-state index is -0.346. The Kier molecular flexibility index (Phi) is 3.68. The van der Waals surface area contributed by atoms with Crippen LogP contribution < -0.4 is 10.1 Å². The Hall–Kier alpha value is -2.15. The van der Waals surface area contributed by atoms with Gasteiger partial charge in [-0.3, -0.25) is 4.79 Å². The van der Waals surface area contributed by atoms with Gasteiger partial charge in [-0.2, -0.15) is 0 Å². The van der Waals surface area contributed by atoms with E-state index in [9.17, 15) is 4.79 Å². The number of carbonyl (C=O) groups excluding carboxylic acids is 1. The monoisotopic (exact) mass is 376 g/mol. The Balaban J connectivity index is 1.88. The topological polar surface area (TPSA) is 58.8 Å². The molecule has 0 unspecified atom stereocenters. The summed E-state index contributed by atoms with van der Waals surface area (Å²) in [5.74, 6) is -0.346. The fourth-order valence-corrected chi connectivity index (χ4v) is 4.06. The van der Waals surface area contributed by atoms with Gasteiger partial charge >= 0.3 is 0 Å². The third kappa shape index (κ3) is 2.43. The second-order valence-corrected chi connectivity index (χ2v) is 7.08. The lowest BCUT2D eigenvalue weighted by Gasteiger charge is -2.00. The third-order valence-corrected chi connectivity index (χ3v) is 5.33. The average Bonchev–Trinajstić information content (AvgIpc) is 3.04. The number of halogens is 2. The zero-order chi connectivity index (χ0) is 16.8. The van der Waals surface area contributed by atoms with E-state index in [-0.39, 0.29) is 11.6 Å². The summed E-state index contributed by atoms with van der Waals surface area (Å²) >= 11 is 13.6. The molecule has 1 N–H and O–H groups in total. The SMILES string of the molecule is Cn1/c(=N\N=C2/C(=O)Nc3c(Cl)cc(Cl)cc32)sc2ccccc21. The predicted octanol–water partition coefficient (Wildman–Crippen LogP) is 3.80. The van der Waals surface area contributed by atoms with E-state index in [4.69, 9.17) is 23.2 Å². The number of aryl methyl sites for hydroxylation is 1. The highest BCUT2D eigenvalue weighted by molar-refractivity contribution is 7.16. The Morgan fingerprint density at radius 3 is 2.75 bits per heavy atom. The number of amides is 1. The Morgan fingerprint density at radius 2 is 1.96 bits per heavy atom. The van der Waals surface area contributed by atoms with Crippen molar-refractivity contribution < 1.29 is 4.79 Å². The maximum Gasteiger partial charge on any atom is 0.276 e. The molecule has 1 aliphatic rings. The molecule has 8 heteroatoms. The van der Waals surface area contributed by atoms with E-state index in [1.165, 1.54) is 11.3 Å². The van der Waals surface area contributed by atoms with Crippen LogP contribution in [0.5, 0.6) is 0 Å². The van der Waals surface area contributed by atoms with Crippen molar-refractivity contribution in [3.63, 3.8) is 0 Å². The lowest BCUT2D eigenvalue weighted by molar-refractivity contribution is -0.110. The largest absolute Gasteiger partial charge is 0.319 e. The summed E-state index contributed by atoms with van der Waals surface area (Å²) in [6.07, 6.45) is 0. The van der Waals surface area contributed by atoms with Crippen molar-refractivity contribution in [1.29, 1.82) is 0 Å². The van der Waals surface area contributed by atoms with Crippen LogP contribution >= 0.6 is 34.5 Å². The van der Waals surface area contributed by atoms with Gasteiger partial charge in [0, 0.05) is 17.6 Å². The molecule has 1 aliphatic heterocycles. The van der Waals surface area contributed by atoms with Crippen LogP contribution in [0.1, 0.15) is 5.56 Å². The number of hydrogen-bond acceptors (Lipinski definition) is 4. The maximum absolute atomic E-state index is 12.2. The number of aromatic nitrogens is 1. The predicted molar refractivity (Wildman–Crippen MR) is 98.0 cm³/mol. The van der Waals surface area contributed by atoms with Crippen molar-refractivity contribution in [1.82, 2.24) is 4.57 Å². The average molecular weight is 377 g/mol. The summed E-state index contributed by atoms with van der Waals surface area (Å²) < 4.78 is 3.03. The molecule has 1 aromatic heterocycles. The molecule has 0 radical (unpaired) electrons. The number of benzene rings is 2. The van der Waals surface area contributed by atoms with Crippen LogP contribution in [0, 0.1) is 0 Å². The van der Waals surface area contributed by atoms with Crippen molar-refractivity contribution in [2.24, 2.45) is 17.3 Å². The molecule has 0 aliphatic carbocycles. The molecule has 0 atom stereocenters. The molecular weight excluding hydrogens is 367 g/mol. The Bertz CT molecular complexity index is 1100. The maximum atomic E-state index is 12.2. The number of thiazole rings is 1. The summed E-state index contributed by atoms with van der Waals surface area (Å²) in [7, 11) is 1.91. The van der Waals surface area contributed by atoms with Gasteiger partial charge in [0.2, 0.25) is 4.80 Å². The van der Waals surface area contributed by atoms with Crippen LogP contribution in [0.2, 0.25) is 10.0 Å².